The third-order valence-corrected chi connectivity index (χ3v) is 4.48. The molecule has 1 aliphatic heterocycles. The molecule has 23 heavy (non-hydrogen) atoms. The maximum Gasteiger partial charge on any atom is 0.239 e. The summed E-state index contributed by atoms with van der Waals surface area (Å²) in [6.45, 7) is 6.36. The van der Waals surface area contributed by atoms with Gasteiger partial charge in [-0.05, 0) is 50.7 Å². The van der Waals surface area contributed by atoms with Gasteiger partial charge in [-0.3, -0.25) is 4.79 Å². The zero-order chi connectivity index (χ0) is 16.7. The molecule has 1 aromatic rings. The quantitative estimate of drug-likeness (QED) is 0.755. The molecule has 1 unspecified atom stereocenters. The lowest BCUT2D eigenvalue weighted by molar-refractivity contribution is -0.135. The summed E-state index contributed by atoms with van der Waals surface area (Å²) in [6.07, 6.45) is 3.36. The van der Waals surface area contributed by atoms with Crippen molar-refractivity contribution in [1.82, 2.24) is 4.90 Å². The van der Waals surface area contributed by atoms with Crippen LogP contribution in [0.1, 0.15) is 38.2 Å². The van der Waals surface area contributed by atoms with Gasteiger partial charge in [0.25, 0.3) is 0 Å². The maximum atomic E-state index is 12.4. The van der Waals surface area contributed by atoms with Crippen LogP contribution < -0.4 is 4.74 Å². The van der Waals surface area contributed by atoms with E-state index in [-0.39, 0.29) is 5.91 Å². The van der Waals surface area contributed by atoms with Crippen LogP contribution in [0.3, 0.4) is 0 Å². The van der Waals surface area contributed by atoms with Gasteiger partial charge in [0.05, 0.1) is 12.7 Å². The Morgan fingerprint density at radius 3 is 2.61 bits per heavy atom. The molecule has 2 rings (SSSR count). The van der Waals surface area contributed by atoms with Crippen molar-refractivity contribution in [3.05, 3.63) is 29.8 Å². The van der Waals surface area contributed by atoms with Crippen molar-refractivity contribution in [3.8, 4) is 11.8 Å². The van der Waals surface area contributed by atoms with Crippen molar-refractivity contribution in [3.63, 3.8) is 0 Å². The predicted molar refractivity (Wildman–Crippen MR) is 90.0 cm³/mol. The fourth-order valence-corrected chi connectivity index (χ4v) is 2.80. The largest absolute Gasteiger partial charge is 0.494 e. The number of hydrogen-bond acceptors (Lipinski definition) is 3. The Kier molecular flexibility index (Phi) is 6.46. The minimum atomic E-state index is -0.537. The van der Waals surface area contributed by atoms with Crippen molar-refractivity contribution < 1.29 is 9.53 Å². The molecular weight excluding hydrogens is 288 g/mol. The monoisotopic (exact) mass is 314 g/mol. The Labute approximate surface area is 139 Å². The molecule has 4 nitrogen and oxygen atoms in total. The topological polar surface area (TPSA) is 53.3 Å². The van der Waals surface area contributed by atoms with Crippen LogP contribution in [-0.4, -0.2) is 30.5 Å². The number of piperidine rings is 1. The van der Waals surface area contributed by atoms with E-state index in [2.05, 4.69) is 13.0 Å². The van der Waals surface area contributed by atoms with E-state index in [0.717, 1.165) is 31.7 Å². The fraction of sp³-hybridized carbons (Fsp3) is 0.579. The molecular formula is C19H26N2O2. The second kappa shape index (κ2) is 8.57. The normalized spacial score (nSPS) is 16.7. The first-order chi connectivity index (χ1) is 11.1. The number of rotatable bonds is 6. The molecule has 1 saturated heterocycles. The van der Waals surface area contributed by atoms with Crippen molar-refractivity contribution in [2.24, 2.45) is 11.8 Å². The van der Waals surface area contributed by atoms with E-state index in [9.17, 15) is 10.1 Å². The summed E-state index contributed by atoms with van der Waals surface area (Å²) in [5, 5.41) is 9.29. The van der Waals surface area contributed by atoms with Crippen LogP contribution >= 0.6 is 0 Å². The summed E-state index contributed by atoms with van der Waals surface area (Å²) in [4.78, 5) is 14.3. The maximum absolute atomic E-state index is 12.4. The van der Waals surface area contributed by atoms with Gasteiger partial charge in [-0.15, -0.1) is 0 Å². The van der Waals surface area contributed by atoms with E-state index in [1.807, 2.05) is 36.1 Å². The first kappa shape index (κ1) is 17.3. The van der Waals surface area contributed by atoms with Gasteiger partial charge in [0.2, 0.25) is 5.91 Å². The lowest BCUT2D eigenvalue weighted by Gasteiger charge is -2.31. The van der Waals surface area contributed by atoms with Crippen LogP contribution in [0.2, 0.25) is 0 Å². The molecule has 0 radical (unpaired) electrons. The molecule has 1 amide bonds. The average Bonchev–Trinajstić information content (AvgIpc) is 2.57. The molecule has 1 aliphatic rings. The van der Waals surface area contributed by atoms with E-state index in [1.54, 1.807) is 0 Å². The summed E-state index contributed by atoms with van der Waals surface area (Å²) in [5.41, 5.74) is 1.20. The molecule has 124 valence electrons. The molecule has 1 aromatic carbocycles. The van der Waals surface area contributed by atoms with Crippen LogP contribution in [0.25, 0.3) is 0 Å². The Hall–Kier alpha value is -2.02. The van der Waals surface area contributed by atoms with Gasteiger partial charge in [-0.1, -0.05) is 24.6 Å². The number of nitriles is 1. The minimum absolute atomic E-state index is 0.00487. The number of carbonyl (C=O) groups is 1. The van der Waals surface area contributed by atoms with E-state index in [1.165, 1.54) is 5.56 Å². The molecule has 4 heteroatoms. The Balaban J connectivity index is 1.73. The van der Waals surface area contributed by atoms with Crippen LogP contribution in [0.4, 0.5) is 0 Å². The van der Waals surface area contributed by atoms with Gasteiger partial charge in [0.1, 0.15) is 11.7 Å². The van der Waals surface area contributed by atoms with Crippen molar-refractivity contribution >= 4 is 5.91 Å². The second-order valence-corrected chi connectivity index (χ2v) is 6.49. The van der Waals surface area contributed by atoms with E-state index in [0.29, 0.717) is 25.4 Å². The first-order valence-electron chi connectivity index (χ1n) is 8.48. The summed E-state index contributed by atoms with van der Waals surface area (Å²) in [6, 6.07) is 10.1. The smallest absolute Gasteiger partial charge is 0.239 e. The minimum Gasteiger partial charge on any atom is -0.494 e. The van der Waals surface area contributed by atoms with E-state index in [4.69, 9.17) is 4.74 Å². The molecule has 0 spiro atoms. The average molecular weight is 314 g/mol. The number of carbonyl (C=O) groups excluding carboxylic acids is 1. The van der Waals surface area contributed by atoms with Crippen molar-refractivity contribution in [2.45, 2.75) is 39.5 Å². The summed E-state index contributed by atoms with van der Waals surface area (Å²) in [7, 11) is 0. The molecule has 1 heterocycles. The third-order valence-electron chi connectivity index (χ3n) is 4.48. The summed E-state index contributed by atoms with van der Waals surface area (Å²) >= 11 is 0. The highest BCUT2D eigenvalue weighted by Crippen LogP contribution is 2.20. The van der Waals surface area contributed by atoms with Crippen LogP contribution in [-0.2, 0) is 4.79 Å². The van der Waals surface area contributed by atoms with Gasteiger partial charge in [-0.2, -0.15) is 5.26 Å². The van der Waals surface area contributed by atoms with Crippen LogP contribution in [0.5, 0.6) is 5.75 Å². The molecule has 0 N–H and O–H groups in total. The van der Waals surface area contributed by atoms with Crippen LogP contribution in [0, 0.1) is 30.1 Å². The van der Waals surface area contributed by atoms with Crippen molar-refractivity contribution in [1.29, 1.82) is 5.26 Å². The first-order valence-corrected chi connectivity index (χ1v) is 8.48. The predicted octanol–water partition coefficient (Wildman–Crippen LogP) is 3.55. The number of benzene rings is 1. The highest BCUT2D eigenvalue weighted by molar-refractivity contribution is 5.81. The lowest BCUT2D eigenvalue weighted by atomic mass is 9.96. The van der Waals surface area contributed by atoms with E-state index >= 15 is 0 Å². The standard InChI is InChI=1S/C19H26N2O2/c1-15-5-7-18(8-6-15)23-13-3-4-17(14-20)19(22)21-11-9-16(2)10-12-21/h5-8,16-17H,3-4,9-13H2,1-2H3. The molecule has 0 aliphatic carbocycles. The highest BCUT2D eigenvalue weighted by Gasteiger charge is 2.26. The van der Waals surface area contributed by atoms with Gasteiger partial charge in [-0.25, -0.2) is 0 Å². The number of hydrogen-bond donors (Lipinski definition) is 0. The highest BCUT2D eigenvalue weighted by atomic mass is 16.5. The number of amides is 1. The number of nitrogens with zero attached hydrogens (tertiary/aromatic N) is 2. The van der Waals surface area contributed by atoms with Gasteiger partial charge in [0, 0.05) is 13.1 Å². The van der Waals surface area contributed by atoms with Crippen LogP contribution in [0.15, 0.2) is 24.3 Å². The van der Waals surface area contributed by atoms with Gasteiger partial charge < -0.3 is 9.64 Å². The fourth-order valence-electron chi connectivity index (χ4n) is 2.80. The molecule has 0 aromatic heterocycles. The Morgan fingerprint density at radius 2 is 2.00 bits per heavy atom. The second-order valence-electron chi connectivity index (χ2n) is 6.49. The summed E-state index contributed by atoms with van der Waals surface area (Å²) in [5.74, 6) is 0.975. The zero-order valence-corrected chi connectivity index (χ0v) is 14.1. The Bertz CT molecular complexity index is 539. The third kappa shape index (κ3) is 5.28. The molecule has 1 fully saturated rings. The molecule has 0 saturated carbocycles. The lowest BCUT2D eigenvalue weighted by Crippen LogP contribution is -2.41. The molecule has 1 atom stereocenters. The van der Waals surface area contributed by atoms with Gasteiger partial charge in [0.15, 0.2) is 0 Å². The number of aryl methyl sites for hydroxylation is 1. The Morgan fingerprint density at radius 1 is 1.35 bits per heavy atom. The van der Waals surface area contributed by atoms with Gasteiger partial charge >= 0.3 is 0 Å². The molecule has 0 bridgehead atoms. The van der Waals surface area contributed by atoms with E-state index < -0.39 is 5.92 Å². The summed E-state index contributed by atoms with van der Waals surface area (Å²) < 4.78 is 5.66. The number of ether oxygens (including phenoxy) is 1. The SMILES string of the molecule is Cc1ccc(OCCCC(C#N)C(=O)N2CCC(C)CC2)cc1. The number of likely N-dealkylation sites (tertiary alicyclic amines) is 1. The van der Waals surface area contributed by atoms with Crippen molar-refractivity contribution in [2.75, 3.05) is 19.7 Å². The zero-order valence-electron chi connectivity index (χ0n) is 14.1.